The Morgan fingerprint density at radius 1 is 1.44 bits per heavy atom. The predicted molar refractivity (Wildman–Crippen MR) is 65.8 cm³/mol. The molecule has 2 rings (SSSR count). The number of carbonyl (C=O) groups excluding carboxylic acids is 1. The second-order valence-electron chi connectivity index (χ2n) is 4.14. The van der Waals surface area contributed by atoms with Gasteiger partial charge in [0.15, 0.2) is 0 Å². The molecule has 1 amide bonds. The third-order valence-corrected chi connectivity index (χ3v) is 3.07. The van der Waals surface area contributed by atoms with Crippen LogP contribution in [-0.4, -0.2) is 26.0 Å². The van der Waals surface area contributed by atoms with Crippen LogP contribution >= 0.6 is 0 Å². The van der Waals surface area contributed by atoms with E-state index in [1.165, 1.54) is 11.1 Å². The maximum atomic E-state index is 11.8. The van der Waals surface area contributed by atoms with Gasteiger partial charge < -0.3 is 10.2 Å². The first kappa shape index (κ1) is 11.1. The predicted octanol–water partition coefficient (Wildman–Crippen LogP) is 1.36. The van der Waals surface area contributed by atoms with Crippen molar-refractivity contribution in [1.29, 1.82) is 0 Å². The summed E-state index contributed by atoms with van der Waals surface area (Å²) in [4.78, 5) is 13.7. The summed E-state index contributed by atoms with van der Waals surface area (Å²) in [7, 11) is 1.90. The highest BCUT2D eigenvalue weighted by atomic mass is 16.2. The van der Waals surface area contributed by atoms with E-state index in [4.69, 9.17) is 0 Å². The van der Waals surface area contributed by atoms with Gasteiger partial charge in [0.05, 0.1) is 6.42 Å². The molecule has 16 heavy (non-hydrogen) atoms. The van der Waals surface area contributed by atoms with Crippen molar-refractivity contribution in [2.75, 3.05) is 25.0 Å². The fraction of sp³-hybridized carbons (Fsp3) is 0.462. The fourth-order valence-corrected chi connectivity index (χ4v) is 2.13. The quantitative estimate of drug-likeness (QED) is 0.827. The van der Waals surface area contributed by atoms with E-state index in [-0.39, 0.29) is 5.91 Å². The summed E-state index contributed by atoms with van der Waals surface area (Å²) in [6.07, 6.45) is 1.59. The molecule has 0 fully saturated rings. The van der Waals surface area contributed by atoms with Crippen molar-refractivity contribution in [2.24, 2.45) is 0 Å². The van der Waals surface area contributed by atoms with Crippen LogP contribution in [0.5, 0.6) is 0 Å². The molecular weight excluding hydrogens is 200 g/mol. The molecule has 1 aromatic carbocycles. The summed E-state index contributed by atoms with van der Waals surface area (Å²) < 4.78 is 0. The molecule has 1 aliphatic rings. The standard InChI is InChI=1S/C13H18N2O/c1-3-10-4-5-12-11(8-10)9-13(16)15(12)7-6-14-2/h4-5,8,14H,3,6-7,9H2,1-2H3. The Balaban J connectivity index is 2.24. The van der Waals surface area contributed by atoms with Crippen molar-refractivity contribution in [3.05, 3.63) is 29.3 Å². The van der Waals surface area contributed by atoms with Gasteiger partial charge in [-0.2, -0.15) is 0 Å². The van der Waals surface area contributed by atoms with Crippen LogP contribution in [0, 0.1) is 0 Å². The third kappa shape index (κ3) is 1.95. The Hall–Kier alpha value is -1.35. The van der Waals surface area contributed by atoms with Crippen molar-refractivity contribution >= 4 is 11.6 Å². The zero-order valence-corrected chi connectivity index (χ0v) is 9.92. The molecular formula is C13H18N2O. The molecule has 0 spiro atoms. The van der Waals surface area contributed by atoms with Crippen LogP contribution in [0.3, 0.4) is 0 Å². The van der Waals surface area contributed by atoms with Gasteiger partial charge in [0.2, 0.25) is 5.91 Å². The fourth-order valence-electron chi connectivity index (χ4n) is 2.13. The van der Waals surface area contributed by atoms with E-state index >= 15 is 0 Å². The zero-order chi connectivity index (χ0) is 11.5. The van der Waals surface area contributed by atoms with E-state index < -0.39 is 0 Å². The molecule has 1 aromatic rings. The number of likely N-dealkylation sites (N-methyl/N-ethyl adjacent to an activating group) is 1. The smallest absolute Gasteiger partial charge is 0.231 e. The highest BCUT2D eigenvalue weighted by Gasteiger charge is 2.26. The molecule has 1 N–H and O–H groups in total. The van der Waals surface area contributed by atoms with Crippen LogP contribution in [-0.2, 0) is 17.6 Å². The number of carbonyl (C=O) groups is 1. The lowest BCUT2D eigenvalue weighted by atomic mass is 10.1. The summed E-state index contributed by atoms with van der Waals surface area (Å²) >= 11 is 0. The average Bonchev–Trinajstić information content (AvgIpc) is 2.61. The number of aryl methyl sites for hydroxylation is 1. The monoisotopic (exact) mass is 218 g/mol. The lowest BCUT2D eigenvalue weighted by molar-refractivity contribution is -0.117. The van der Waals surface area contributed by atoms with E-state index in [0.717, 1.165) is 25.2 Å². The summed E-state index contributed by atoms with van der Waals surface area (Å²) in [5.74, 6) is 0.221. The molecule has 0 saturated carbocycles. The molecule has 0 atom stereocenters. The highest BCUT2D eigenvalue weighted by molar-refractivity contribution is 6.01. The Kier molecular flexibility index (Phi) is 3.25. The van der Waals surface area contributed by atoms with Crippen LogP contribution in [0.4, 0.5) is 5.69 Å². The van der Waals surface area contributed by atoms with Gasteiger partial charge in [0, 0.05) is 18.8 Å². The van der Waals surface area contributed by atoms with E-state index in [9.17, 15) is 4.79 Å². The minimum absolute atomic E-state index is 0.221. The Morgan fingerprint density at radius 2 is 2.25 bits per heavy atom. The van der Waals surface area contributed by atoms with Gasteiger partial charge in [0.1, 0.15) is 0 Å². The van der Waals surface area contributed by atoms with Gasteiger partial charge in [-0.15, -0.1) is 0 Å². The summed E-state index contributed by atoms with van der Waals surface area (Å²) in [6, 6.07) is 6.35. The van der Waals surface area contributed by atoms with Gasteiger partial charge in [-0.05, 0) is 30.7 Å². The molecule has 86 valence electrons. The molecule has 0 aliphatic carbocycles. The second-order valence-corrected chi connectivity index (χ2v) is 4.14. The Morgan fingerprint density at radius 3 is 2.94 bits per heavy atom. The second kappa shape index (κ2) is 4.66. The largest absolute Gasteiger partial charge is 0.318 e. The van der Waals surface area contributed by atoms with Crippen molar-refractivity contribution in [3.8, 4) is 0 Å². The minimum Gasteiger partial charge on any atom is -0.318 e. The van der Waals surface area contributed by atoms with Crippen molar-refractivity contribution in [1.82, 2.24) is 5.32 Å². The van der Waals surface area contributed by atoms with E-state index in [1.807, 2.05) is 11.9 Å². The average molecular weight is 218 g/mol. The van der Waals surface area contributed by atoms with Gasteiger partial charge in [0.25, 0.3) is 0 Å². The minimum atomic E-state index is 0.221. The maximum Gasteiger partial charge on any atom is 0.231 e. The van der Waals surface area contributed by atoms with Crippen molar-refractivity contribution < 1.29 is 4.79 Å². The third-order valence-electron chi connectivity index (χ3n) is 3.07. The van der Waals surface area contributed by atoms with Gasteiger partial charge in [-0.1, -0.05) is 19.1 Å². The number of hydrogen-bond acceptors (Lipinski definition) is 2. The first-order valence-electron chi connectivity index (χ1n) is 5.83. The summed E-state index contributed by atoms with van der Waals surface area (Å²) in [5.41, 5.74) is 3.58. The number of nitrogens with one attached hydrogen (secondary N) is 1. The van der Waals surface area contributed by atoms with Crippen LogP contribution in [0.1, 0.15) is 18.1 Å². The normalized spacial score (nSPS) is 14.4. The van der Waals surface area contributed by atoms with Crippen LogP contribution in [0.25, 0.3) is 0 Å². The SMILES string of the molecule is CCc1ccc2c(c1)CC(=O)N2CCNC. The number of anilines is 1. The molecule has 0 radical (unpaired) electrons. The number of nitrogens with zero attached hydrogens (tertiary/aromatic N) is 1. The molecule has 1 aliphatic heterocycles. The van der Waals surface area contributed by atoms with E-state index in [2.05, 4.69) is 30.4 Å². The van der Waals surface area contributed by atoms with Crippen LogP contribution < -0.4 is 10.2 Å². The molecule has 3 nitrogen and oxygen atoms in total. The molecule has 0 aromatic heterocycles. The van der Waals surface area contributed by atoms with Gasteiger partial charge in [-0.3, -0.25) is 4.79 Å². The highest BCUT2D eigenvalue weighted by Crippen LogP contribution is 2.29. The van der Waals surface area contributed by atoms with E-state index in [0.29, 0.717) is 6.42 Å². The molecule has 0 bridgehead atoms. The maximum absolute atomic E-state index is 11.8. The molecule has 0 unspecified atom stereocenters. The van der Waals surface area contributed by atoms with E-state index in [1.54, 1.807) is 0 Å². The summed E-state index contributed by atoms with van der Waals surface area (Å²) in [6.45, 7) is 3.73. The zero-order valence-electron chi connectivity index (χ0n) is 9.92. The van der Waals surface area contributed by atoms with Crippen LogP contribution in [0.2, 0.25) is 0 Å². The van der Waals surface area contributed by atoms with Gasteiger partial charge >= 0.3 is 0 Å². The summed E-state index contributed by atoms with van der Waals surface area (Å²) in [5, 5.41) is 3.07. The molecule has 1 heterocycles. The molecule has 0 saturated heterocycles. The number of amides is 1. The van der Waals surface area contributed by atoms with Crippen molar-refractivity contribution in [3.63, 3.8) is 0 Å². The molecule has 3 heteroatoms. The number of rotatable bonds is 4. The Labute approximate surface area is 96.5 Å². The lowest BCUT2D eigenvalue weighted by Crippen LogP contribution is -2.33. The van der Waals surface area contributed by atoms with Crippen LogP contribution in [0.15, 0.2) is 18.2 Å². The number of fused-ring (bicyclic) bond motifs is 1. The van der Waals surface area contributed by atoms with Crippen molar-refractivity contribution in [2.45, 2.75) is 19.8 Å². The Bertz CT molecular complexity index is 401. The topological polar surface area (TPSA) is 32.3 Å². The number of benzene rings is 1. The number of hydrogen-bond donors (Lipinski definition) is 1. The first-order chi connectivity index (χ1) is 7.76. The first-order valence-corrected chi connectivity index (χ1v) is 5.83. The van der Waals surface area contributed by atoms with Gasteiger partial charge in [-0.25, -0.2) is 0 Å². The lowest BCUT2D eigenvalue weighted by Gasteiger charge is -2.17.